The molecule has 0 amide bonds. The van der Waals surface area contributed by atoms with E-state index in [2.05, 4.69) is 25.6 Å². The van der Waals surface area contributed by atoms with E-state index in [1.54, 1.807) is 6.92 Å². The predicted molar refractivity (Wildman–Crippen MR) is 57.5 cm³/mol. The van der Waals surface area contributed by atoms with Crippen LogP contribution >= 0.6 is 12.6 Å². The molecule has 1 nitrogen and oxygen atoms in total. The van der Waals surface area contributed by atoms with Crippen LogP contribution in [0, 0.1) is 0 Å². The first kappa shape index (κ1) is 10.3. The fourth-order valence-electron chi connectivity index (χ4n) is 1.34. The SMILES string of the molecule is CCc1cc(S)cc(CC(C)=O)c1. The van der Waals surface area contributed by atoms with Crippen LogP contribution in [0.3, 0.4) is 0 Å². The number of hydrogen-bond acceptors (Lipinski definition) is 2. The summed E-state index contributed by atoms with van der Waals surface area (Å²) in [6.45, 7) is 3.71. The topological polar surface area (TPSA) is 17.1 Å². The zero-order chi connectivity index (χ0) is 9.84. The van der Waals surface area contributed by atoms with Crippen LogP contribution in [0.2, 0.25) is 0 Å². The summed E-state index contributed by atoms with van der Waals surface area (Å²) in [5, 5.41) is 0. The van der Waals surface area contributed by atoms with Gasteiger partial charge in [-0.1, -0.05) is 13.0 Å². The van der Waals surface area contributed by atoms with Gasteiger partial charge in [0.1, 0.15) is 5.78 Å². The Bertz CT molecular complexity index is 318. The molecule has 0 radical (unpaired) electrons. The quantitative estimate of drug-likeness (QED) is 0.732. The molecule has 0 atom stereocenters. The number of rotatable bonds is 3. The molecule has 0 aliphatic heterocycles. The van der Waals surface area contributed by atoms with E-state index in [0.29, 0.717) is 6.42 Å². The Hall–Kier alpha value is -0.760. The van der Waals surface area contributed by atoms with E-state index in [1.807, 2.05) is 12.1 Å². The molecular weight excluding hydrogens is 180 g/mol. The standard InChI is InChI=1S/C11H14OS/c1-3-9-5-10(4-8(2)12)7-11(13)6-9/h5-7,13H,3-4H2,1-2H3. The Morgan fingerprint density at radius 3 is 2.46 bits per heavy atom. The van der Waals surface area contributed by atoms with Crippen LogP contribution in [0.25, 0.3) is 0 Å². The van der Waals surface area contributed by atoms with Crippen LogP contribution < -0.4 is 0 Å². The lowest BCUT2D eigenvalue weighted by atomic mass is 10.1. The maximum atomic E-state index is 10.9. The first-order valence-corrected chi connectivity index (χ1v) is 4.87. The molecule has 0 bridgehead atoms. The van der Waals surface area contributed by atoms with Crippen LogP contribution in [-0.2, 0) is 17.6 Å². The van der Waals surface area contributed by atoms with Crippen LogP contribution in [0.1, 0.15) is 25.0 Å². The van der Waals surface area contributed by atoms with E-state index >= 15 is 0 Å². The number of aryl methyl sites for hydroxylation is 1. The number of carbonyl (C=O) groups excluding carboxylic acids is 1. The van der Waals surface area contributed by atoms with E-state index in [-0.39, 0.29) is 5.78 Å². The van der Waals surface area contributed by atoms with E-state index in [9.17, 15) is 4.79 Å². The molecule has 0 aliphatic rings. The third-order valence-electron chi connectivity index (χ3n) is 1.90. The summed E-state index contributed by atoms with van der Waals surface area (Å²) in [7, 11) is 0. The summed E-state index contributed by atoms with van der Waals surface area (Å²) in [5.41, 5.74) is 2.31. The molecule has 1 aromatic rings. The zero-order valence-electron chi connectivity index (χ0n) is 8.00. The van der Waals surface area contributed by atoms with Crippen molar-refractivity contribution in [3.05, 3.63) is 29.3 Å². The molecule has 0 N–H and O–H groups in total. The van der Waals surface area contributed by atoms with E-state index in [1.165, 1.54) is 5.56 Å². The molecule has 70 valence electrons. The number of thiol groups is 1. The highest BCUT2D eigenvalue weighted by molar-refractivity contribution is 7.80. The minimum absolute atomic E-state index is 0.195. The van der Waals surface area contributed by atoms with Gasteiger partial charge in [-0.25, -0.2) is 0 Å². The van der Waals surface area contributed by atoms with Gasteiger partial charge in [0.05, 0.1) is 0 Å². The lowest BCUT2D eigenvalue weighted by Crippen LogP contribution is -1.97. The third-order valence-corrected chi connectivity index (χ3v) is 2.16. The largest absolute Gasteiger partial charge is 0.300 e. The van der Waals surface area contributed by atoms with Crippen LogP contribution in [0.15, 0.2) is 23.1 Å². The van der Waals surface area contributed by atoms with Crippen molar-refractivity contribution in [2.24, 2.45) is 0 Å². The van der Waals surface area contributed by atoms with Crippen LogP contribution in [-0.4, -0.2) is 5.78 Å². The van der Waals surface area contributed by atoms with Crippen molar-refractivity contribution >= 4 is 18.4 Å². The second-order valence-corrected chi connectivity index (χ2v) is 3.76. The minimum atomic E-state index is 0.195. The number of benzene rings is 1. The van der Waals surface area contributed by atoms with Gasteiger partial charge in [-0.15, -0.1) is 12.6 Å². The molecule has 1 rings (SSSR count). The van der Waals surface area contributed by atoms with Gasteiger partial charge < -0.3 is 0 Å². The normalized spacial score (nSPS) is 10.1. The highest BCUT2D eigenvalue weighted by Gasteiger charge is 2.00. The molecule has 0 saturated heterocycles. The van der Waals surface area contributed by atoms with Crippen molar-refractivity contribution in [3.63, 3.8) is 0 Å². The van der Waals surface area contributed by atoms with Crippen LogP contribution in [0.5, 0.6) is 0 Å². The second kappa shape index (κ2) is 4.47. The summed E-state index contributed by atoms with van der Waals surface area (Å²) < 4.78 is 0. The van der Waals surface area contributed by atoms with E-state index in [4.69, 9.17) is 0 Å². The molecule has 0 spiro atoms. The molecule has 0 saturated carbocycles. The summed E-state index contributed by atoms with van der Waals surface area (Å²) in [5.74, 6) is 0.195. The molecule has 0 unspecified atom stereocenters. The van der Waals surface area contributed by atoms with Gasteiger partial charge in [0.15, 0.2) is 0 Å². The van der Waals surface area contributed by atoms with Crippen molar-refractivity contribution < 1.29 is 4.79 Å². The third kappa shape index (κ3) is 3.23. The summed E-state index contributed by atoms with van der Waals surface area (Å²) >= 11 is 4.29. The monoisotopic (exact) mass is 194 g/mol. The highest BCUT2D eigenvalue weighted by Crippen LogP contribution is 2.14. The first-order chi connectivity index (χ1) is 6.11. The van der Waals surface area contributed by atoms with Gasteiger partial charge in [0.2, 0.25) is 0 Å². The summed E-state index contributed by atoms with van der Waals surface area (Å²) in [6, 6.07) is 6.05. The van der Waals surface area contributed by atoms with Crippen molar-refractivity contribution in [3.8, 4) is 0 Å². The number of carbonyl (C=O) groups is 1. The molecule has 0 aliphatic carbocycles. The van der Waals surface area contributed by atoms with Gasteiger partial charge in [-0.3, -0.25) is 4.79 Å². The van der Waals surface area contributed by atoms with E-state index in [0.717, 1.165) is 16.9 Å². The highest BCUT2D eigenvalue weighted by atomic mass is 32.1. The van der Waals surface area contributed by atoms with Crippen LogP contribution in [0.4, 0.5) is 0 Å². The van der Waals surface area contributed by atoms with E-state index < -0.39 is 0 Å². The average Bonchev–Trinajstić information content (AvgIpc) is 2.01. The first-order valence-electron chi connectivity index (χ1n) is 4.43. The van der Waals surface area contributed by atoms with Crippen molar-refractivity contribution in [2.75, 3.05) is 0 Å². The van der Waals surface area contributed by atoms with Gasteiger partial charge in [-0.2, -0.15) is 0 Å². The molecule has 0 fully saturated rings. The lowest BCUT2D eigenvalue weighted by Gasteiger charge is -2.03. The second-order valence-electron chi connectivity index (χ2n) is 3.24. The van der Waals surface area contributed by atoms with Gasteiger partial charge >= 0.3 is 0 Å². The number of Topliss-reactive ketones (excluding diaryl/α,β-unsaturated/α-hetero) is 1. The molecule has 13 heavy (non-hydrogen) atoms. The van der Waals surface area contributed by atoms with Gasteiger partial charge in [0, 0.05) is 11.3 Å². The van der Waals surface area contributed by atoms with Crippen molar-refractivity contribution in [1.82, 2.24) is 0 Å². The fraction of sp³-hybridized carbons (Fsp3) is 0.364. The predicted octanol–water partition coefficient (Wildman–Crippen LogP) is 2.67. The Morgan fingerprint density at radius 1 is 1.31 bits per heavy atom. The zero-order valence-corrected chi connectivity index (χ0v) is 8.90. The molecular formula is C11H14OS. The molecule has 2 heteroatoms. The number of hydrogen-bond donors (Lipinski definition) is 1. The van der Waals surface area contributed by atoms with Crippen molar-refractivity contribution in [2.45, 2.75) is 31.6 Å². The smallest absolute Gasteiger partial charge is 0.134 e. The maximum absolute atomic E-state index is 10.9. The Kier molecular flexibility index (Phi) is 3.55. The lowest BCUT2D eigenvalue weighted by molar-refractivity contribution is -0.116. The number of ketones is 1. The van der Waals surface area contributed by atoms with Gasteiger partial charge in [0.25, 0.3) is 0 Å². The Morgan fingerprint density at radius 2 is 1.92 bits per heavy atom. The molecule has 0 aromatic heterocycles. The minimum Gasteiger partial charge on any atom is -0.300 e. The molecule has 1 aromatic carbocycles. The average molecular weight is 194 g/mol. The maximum Gasteiger partial charge on any atom is 0.134 e. The Balaban J connectivity index is 2.94. The molecule has 0 heterocycles. The van der Waals surface area contributed by atoms with Gasteiger partial charge in [-0.05, 0) is 36.6 Å². The summed E-state index contributed by atoms with van der Waals surface area (Å²) in [6.07, 6.45) is 1.50. The van der Waals surface area contributed by atoms with Crippen molar-refractivity contribution in [1.29, 1.82) is 0 Å². The Labute approximate surface area is 84.6 Å². The fourth-order valence-corrected chi connectivity index (χ4v) is 1.67. The summed E-state index contributed by atoms with van der Waals surface area (Å²) in [4.78, 5) is 11.8.